The molecule has 19 heavy (non-hydrogen) atoms. The number of halogens is 1. The number of carbonyl (C=O) groups excluding carboxylic acids is 1. The fourth-order valence-electron chi connectivity index (χ4n) is 2.41. The zero-order valence-electron chi connectivity index (χ0n) is 11.8. The van der Waals surface area contributed by atoms with Crippen molar-refractivity contribution in [3.63, 3.8) is 0 Å². The first kappa shape index (κ1) is 16.0. The third kappa shape index (κ3) is 5.65. The van der Waals surface area contributed by atoms with Crippen LogP contribution in [0, 0.1) is 5.92 Å². The molecule has 0 bridgehead atoms. The summed E-state index contributed by atoms with van der Waals surface area (Å²) in [7, 11) is 0. The molecular weight excluding hydrogens is 260 g/mol. The van der Waals surface area contributed by atoms with Crippen LogP contribution in [-0.4, -0.2) is 5.43 Å². The van der Waals surface area contributed by atoms with Crippen molar-refractivity contribution in [1.82, 2.24) is 0 Å². The summed E-state index contributed by atoms with van der Waals surface area (Å²) in [5, 5.41) is 0. The average molecular weight is 283 g/mol. The zero-order chi connectivity index (χ0) is 14.1. The van der Waals surface area contributed by atoms with Crippen molar-refractivity contribution in [2.45, 2.75) is 52.1 Å². The number of benzene rings is 1. The fraction of sp³-hybridized carbons (Fsp3) is 0.562. The Kier molecular flexibility index (Phi) is 7.57. The van der Waals surface area contributed by atoms with E-state index in [1.54, 1.807) is 0 Å². The van der Waals surface area contributed by atoms with Gasteiger partial charge >= 0.3 is 5.43 Å². The summed E-state index contributed by atoms with van der Waals surface area (Å²) in [6, 6.07) is 9.87. The van der Waals surface area contributed by atoms with Crippen molar-refractivity contribution in [1.29, 1.82) is 0 Å². The van der Waals surface area contributed by atoms with E-state index >= 15 is 0 Å². The van der Waals surface area contributed by atoms with Crippen LogP contribution in [0.25, 0.3) is 0 Å². The smallest absolute Gasteiger partial charge is 0.404 e. The highest BCUT2D eigenvalue weighted by molar-refractivity contribution is 6.61. The van der Waals surface area contributed by atoms with Gasteiger partial charge in [-0.05, 0) is 18.4 Å². The van der Waals surface area contributed by atoms with Gasteiger partial charge in [-0.15, -0.1) is 0 Å². The van der Waals surface area contributed by atoms with Gasteiger partial charge in [-0.1, -0.05) is 63.4 Å². The van der Waals surface area contributed by atoms with Crippen LogP contribution >= 0.6 is 11.6 Å². The molecule has 1 aromatic rings. The fourth-order valence-corrected chi connectivity index (χ4v) is 2.50. The Hall–Kier alpha value is -1.02. The lowest BCUT2D eigenvalue weighted by atomic mass is 9.88. The number of unbranched alkanes of at least 4 members (excludes halogenated alkanes) is 2. The first-order chi connectivity index (χ1) is 9.19. The normalized spacial score (nSPS) is 13.8. The molecule has 0 fully saturated rings. The van der Waals surface area contributed by atoms with Crippen LogP contribution in [-0.2, 0) is 4.74 Å². The molecule has 0 saturated carbocycles. The van der Waals surface area contributed by atoms with Crippen molar-refractivity contribution in [3.8, 4) is 0 Å². The maximum Gasteiger partial charge on any atom is 0.404 e. The molecule has 0 spiro atoms. The quantitative estimate of drug-likeness (QED) is 0.451. The molecule has 3 heteroatoms. The molecule has 0 radical (unpaired) electrons. The van der Waals surface area contributed by atoms with Gasteiger partial charge < -0.3 is 4.74 Å². The Bertz CT molecular complexity index is 364. The van der Waals surface area contributed by atoms with E-state index in [2.05, 4.69) is 13.8 Å². The van der Waals surface area contributed by atoms with Gasteiger partial charge in [-0.2, -0.15) is 0 Å². The van der Waals surface area contributed by atoms with Crippen LogP contribution in [0.1, 0.15) is 57.6 Å². The van der Waals surface area contributed by atoms with Gasteiger partial charge in [0.2, 0.25) is 0 Å². The minimum atomic E-state index is -0.720. The van der Waals surface area contributed by atoms with Gasteiger partial charge in [-0.3, -0.25) is 0 Å². The molecule has 0 saturated heterocycles. The van der Waals surface area contributed by atoms with Crippen molar-refractivity contribution >= 4 is 17.0 Å². The van der Waals surface area contributed by atoms with E-state index in [0.29, 0.717) is 5.92 Å². The van der Waals surface area contributed by atoms with Crippen molar-refractivity contribution < 1.29 is 9.53 Å². The van der Waals surface area contributed by atoms with Crippen LogP contribution in [0.2, 0.25) is 0 Å². The number of rotatable bonds is 8. The lowest BCUT2D eigenvalue weighted by Crippen LogP contribution is -2.17. The van der Waals surface area contributed by atoms with Gasteiger partial charge in [0, 0.05) is 17.5 Å². The summed E-state index contributed by atoms with van der Waals surface area (Å²) in [6.45, 7) is 4.32. The van der Waals surface area contributed by atoms with Crippen LogP contribution in [0.3, 0.4) is 0 Å². The highest BCUT2D eigenvalue weighted by Gasteiger charge is 2.24. The molecule has 2 unspecified atom stereocenters. The first-order valence-electron chi connectivity index (χ1n) is 7.10. The van der Waals surface area contributed by atoms with Crippen molar-refractivity contribution in [2.24, 2.45) is 5.92 Å². The molecule has 2 nitrogen and oxygen atoms in total. The largest absolute Gasteiger partial charge is 0.445 e. The second-order valence-electron chi connectivity index (χ2n) is 4.85. The Morgan fingerprint density at radius 2 is 1.89 bits per heavy atom. The lowest BCUT2D eigenvalue weighted by Gasteiger charge is -2.25. The van der Waals surface area contributed by atoms with E-state index in [4.69, 9.17) is 16.3 Å². The summed E-state index contributed by atoms with van der Waals surface area (Å²) >= 11 is 5.42. The Morgan fingerprint density at radius 1 is 1.21 bits per heavy atom. The molecule has 1 rings (SSSR count). The van der Waals surface area contributed by atoms with Crippen LogP contribution < -0.4 is 0 Å². The SMILES string of the molecule is CCCCCC(CC)C(OC(=O)Cl)c1ccccc1. The van der Waals surface area contributed by atoms with Gasteiger partial charge in [0.05, 0.1) is 0 Å². The van der Waals surface area contributed by atoms with E-state index < -0.39 is 5.43 Å². The summed E-state index contributed by atoms with van der Waals surface area (Å²) in [4.78, 5) is 11.1. The Morgan fingerprint density at radius 3 is 2.42 bits per heavy atom. The molecule has 0 aliphatic rings. The first-order valence-corrected chi connectivity index (χ1v) is 7.47. The molecule has 0 heterocycles. The summed E-state index contributed by atoms with van der Waals surface area (Å²) in [5.74, 6) is 0.330. The molecule has 0 aromatic heterocycles. The van der Waals surface area contributed by atoms with Crippen LogP contribution in [0.15, 0.2) is 30.3 Å². The summed E-state index contributed by atoms with van der Waals surface area (Å²) in [5.41, 5.74) is 0.308. The predicted octanol–water partition coefficient (Wildman–Crippen LogP) is 5.71. The maximum atomic E-state index is 11.1. The monoisotopic (exact) mass is 282 g/mol. The number of hydrogen-bond donors (Lipinski definition) is 0. The van der Waals surface area contributed by atoms with Crippen molar-refractivity contribution in [2.75, 3.05) is 0 Å². The molecule has 0 aliphatic heterocycles. The van der Waals surface area contributed by atoms with Crippen molar-refractivity contribution in [3.05, 3.63) is 35.9 Å². The predicted molar refractivity (Wildman–Crippen MR) is 79.4 cm³/mol. The molecule has 106 valence electrons. The highest BCUT2D eigenvalue weighted by Crippen LogP contribution is 2.33. The van der Waals surface area contributed by atoms with E-state index in [-0.39, 0.29) is 6.10 Å². The van der Waals surface area contributed by atoms with Gasteiger partial charge in [-0.25, -0.2) is 4.79 Å². The van der Waals surface area contributed by atoms with Crippen LogP contribution in [0.4, 0.5) is 4.79 Å². The second-order valence-corrected chi connectivity index (χ2v) is 5.16. The molecule has 0 N–H and O–H groups in total. The zero-order valence-corrected chi connectivity index (χ0v) is 12.5. The van der Waals surface area contributed by atoms with Gasteiger partial charge in [0.15, 0.2) is 0 Å². The standard InChI is InChI=1S/C16H23ClO2/c1-3-5-7-10-13(4-2)15(19-16(17)18)14-11-8-6-9-12-14/h6,8-9,11-13,15H,3-5,7,10H2,1-2H3. The number of ether oxygens (including phenoxy) is 1. The minimum absolute atomic E-state index is 0.229. The van der Waals surface area contributed by atoms with E-state index in [1.807, 2.05) is 30.3 Å². The third-order valence-corrected chi connectivity index (χ3v) is 3.57. The topological polar surface area (TPSA) is 26.3 Å². The summed E-state index contributed by atoms with van der Waals surface area (Å²) < 4.78 is 5.35. The highest BCUT2D eigenvalue weighted by atomic mass is 35.5. The second kappa shape index (κ2) is 8.98. The molecular formula is C16H23ClO2. The van der Waals surface area contributed by atoms with E-state index in [1.165, 1.54) is 12.8 Å². The summed E-state index contributed by atoms with van der Waals surface area (Å²) in [6.07, 6.45) is 5.39. The van der Waals surface area contributed by atoms with Crippen LogP contribution in [0.5, 0.6) is 0 Å². The van der Waals surface area contributed by atoms with Gasteiger partial charge in [0.1, 0.15) is 6.10 Å². The average Bonchev–Trinajstić information content (AvgIpc) is 2.42. The Labute approximate surface area is 121 Å². The van der Waals surface area contributed by atoms with E-state index in [0.717, 1.165) is 24.8 Å². The van der Waals surface area contributed by atoms with Gasteiger partial charge in [0.25, 0.3) is 0 Å². The number of carbonyl (C=O) groups is 1. The molecule has 1 aromatic carbocycles. The minimum Gasteiger partial charge on any atom is -0.445 e. The number of hydrogen-bond acceptors (Lipinski definition) is 2. The maximum absolute atomic E-state index is 11.1. The molecule has 0 amide bonds. The Balaban J connectivity index is 2.78. The molecule has 2 atom stereocenters. The lowest BCUT2D eigenvalue weighted by molar-refractivity contribution is 0.0732. The molecule has 0 aliphatic carbocycles. The van der Waals surface area contributed by atoms with E-state index in [9.17, 15) is 4.79 Å². The third-order valence-electron chi connectivity index (χ3n) is 3.48.